The fourth-order valence-corrected chi connectivity index (χ4v) is 0.745. The molecule has 0 unspecified atom stereocenters. The van der Waals surface area contributed by atoms with Crippen LogP contribution in [0.5, 0.6) is 0 Å². The molecule has 9 nitrogen and oxygen atoms in total. The molecule has 3 rings (SSSR count). The maximum Gasteiger partial charge on any atom is 0.191 e. The van der Waals surface area contributed by atoms with Crippen LogP contribution in [0.15, 0.2) is 52.2 Å². The van der Waals surface area contributed by atoms with Crippen LogP contribution in [0.1, 0.15) is 0 Å². The minimum Gasteiger partial charge on any atom is -0.854 e. The van der Waals surface area contributed by atoms with Crippen molar-refractivity contribution >= 4 is 27.6 Å². The fourth-order valence-electron chi connectivity index (χ4n) is 0.745. The third-order valence-corrected chi connectivity index (χ3v) is 1.37. The second kappa shape index (κ2) is 14.5. The highest BCUT2D eigenvalue weighted by Crippen LogP contribution is 1.85. The Morgan fingerprint density at radius 2 is 0.895 bits per heavy atom. The Morgan fingerprint density at radius 1 is 0.632 bits per heavy atom. The predicted molar refractivity (Wildman–Crippen MR) is 65.6 cm³/mol. The molecule has 0 radical (unpaired) electrons. The number of nitrogens with two attached hydrogens (primary N) is 3. The van der Waals surface area contributed by atoms with Crippen LogP contribution in [0.3, 0.4) is 0 Å². The Bertz CT molecular complexity index is 293. The van der Waals surface area contributed by atoms with E-state index in [1.165, 1.54) is 0 Å². The molecule has 0 aromatic carbocycles. The second-order valence-electron chi connectivity index (χ2n) is 2.72. The van der Waals surface area contributed by atoms with E-state index in [1.807, 2.05) is 34.6 Å². The minimum atomic E-state index is -3.37. The van der Waals surface area contributed by atoms with Crippen LogP contribution >= 0.6 is 8.60 Å². The van der Waals surface area contributed by atoms with Gasteiger partial charge in [-0.25, -0.2) is 15.0 Å². The first-order chi connectivity index (χ1) is 9.23. The summed E-state index contributed by atoms with van der Waals surface area (Å²) < 4.78 is 0. The number of hydrogen-bond acceptors (Lipinski definition) is 6. The molecule has 0 aromatic heterocycles. The molecular weight excluding hydrogens is 271 g/mol. The standard InChI is InChI=1S/3C3H4N2.O3P/c3*1-2-5-3-4-1;1-4(2)3/h3*1-3H,(H,4,5);/q;;;-3/p+3. The third kappa shape index (κ3) is 19.0. The molecule has 0 aliphatic carbocycles. The Labute approximate surface area is 111 Å². The van der Waals surface area contributed by atoms with Crippen molar-refractivity contribution in [1.29, 1.82) is 0 Å². The zero-order valence-corrected chi connectivity index (χ0v) is 10.8. The molecule has 3 aliphatic rings. The minimum absolute atomic E-state index is 1.75. The summed E-state index contributed by atoms with van der Waals surface area (Å²) in [6, 6.07) is 0. The Balaban J connectivity index is 0.000000229. The van der Waals surface area contributed by atoms with Gasteiger partial charge in [-0.2, -0.15) is 0 Å². The lowest BCUT2D eigenvalue weighted by molar-refractivity contribution is -0.447. The van der Waals surface area contributed by atoms with Crippen LogP contribution in [0.25, 0.3) is 0 Å². The average Bonchev–Trinajstić information content (AvgIpc) is 3.18. The van der Waals surface area contributed by atoms with Crippen LogP contribution in [0.4, 0.5) is 0 Å². The van der Waals surface area contributed by atoms with E-state index in [0.717, 1.165) is 0 Å². The van der Waals surface area contributed by atoms with Gasteiger partial charge in [0.25, 0.3) is 0 Å². The first kappa shape index (κ1) is 17.4. The lowest BCUT2D eigenvalue weighted by atomic mass is 11.0. The predicted octanol–water partition coefficient (Wildman–Crippen LogP) is -5.52. The summed E-state index contributed by atoms with van der Waals surface area (Å²) in [5.74, 6) is 0. The lowest BCUT2D eigenvalue weighted by Gasteiger charge is -2.39. The summed E-state index contributed by atoms with van der Waals surface area (Å²) in [5.41, 5.74) is 0. The summed E-state index contributed by atoms with van der Waals surface area (Å²) in [7, 11) is -3.37. The first-order valence-electron chi connectivity index (χ1n) is 5.10. The van der Waals surface area contributed by atoms with Crippen LogP contribution < -0.4 is 30.6 Å². The summed E-state index contributed by atoms with van der Waals surface area (Å²) >= 11 is 0. The topological polar surface area (TPSA) is 156 Å². The van der Waals surface area contributed by atoms with E-state index in [0.29, 0.717) is 0 Å². The highest BCUT2D eigenvalue weighted by Gasteiger charge is 1.77. The van der Waals surface area contributed by atoms with E-state index >= 15 is 0 Å². The number of rotatable bonds is 0. The van der Waals surface area contributed by atoms with Gasteiger partial charge >= 0.3 is 0 Å². The van der Waals surface area contributed by atoms with Gasteiger partial charge in [-0.05, 0) is 0 Å². The van der Waals surface area contributed by atoms with Crippen molar-refractivity contribution in [2.45, 2.75) is 0 Å². The molecule has 3 aliphatic heterocycles. The molecule has 0 amide bonds. The summed E-state index contributed by atoms with van der Waals surface area (Å²) in [5, 5.41) is 5.67. The molecule has 10 heteroatoms. The van der Waals surface area contributed by atoms with Gasteiger partial charge in [0, 0.05) is 0 Å². The number of aliphatic imine (C=N–C) groups is 3. The van der Waals surface area contributed by atoms with E-state index in [-0.39, 0.29) is 0 Å². The van der Waals surface area contributed by atoms with Crippen molar-refractivity contribution in [3.05, 3.63) is 37.2 Å². The SMILES string of the molecule is C1=C[NH2+]C=N1.C1=C[NH2+]C=N1.C1=C[NH2+]C=N1.[O-]P([O-])[O-]. The van der Waals surface area contributed by atoms with Crippen molar-refractivity contribution in [2.75, 3.05) is 0 Å². The van der Waals surface area contributed by atoms with E-state index in [2.05, 4.69) is 15.0 Å². The number of nitrogens with zero attached hydrogens (tertiary/aromatic N) is 3. The maximum absolute atomic E-state index is 8.48. The van der Waals surface area contributed by atoms with Crippen molar-refractivity contribution in [1.82, 2.24) is 0 Å². The van der Waals surface area contributed by atoms with Gasteiger partial charge in [-0.1, -0.05) is 0 Å². The number of hydrogen-bond donors (Lipinski definition) is 3. The molecule has 0 saturated carbocycles. The summed E-state index contributed by atoms with van der Waals surface area (Å²) in [4.78, 5) is 36.6. The fraction of sp³-hybridized carbons (Fsp3) is 0. The Kier molecular flexibility index (Phi) is 13.3. The van der Waals surface area contributed by atoms with Gasteiger partial charge in [0.15, 0.2) is 19.0 Å². The number of quaternary nitrogens is 3. The third-order valence-electron chi connectivity index (χ3n) is 1.37. The van der Waals surface area contributed by atoms with Crippen molar-refractivity contribution < 1.29 is 30.6 Å². The lowest BCUT2D eigenvalue weighted by Crippen LogP contribution is -2.74. The maximum atomic E-state index is 8.48. The molecule has 3 heterocycles. The molecule has 0 bridgehead atoms. The summed E-state index contributed by atoms with van der Waals surface area (Å²) in [6.45, 7) is 0. The average molecular weight is 286 g/mol. The van der Waals surface area contributed by atoms with Crippen molar-refractivity contribution in [3.8, 4) is 0 Å². The van der Waals surface area contributed by atoms with E-state index in [1.54, 1.807) is 37.6 Å². The molecule has 6 N–H and O–H groups in total. The van der Waals surface area contributed by atoms with Gasteiger partial charge in [-0.15, -0.1) is 0 Å². The molecule has 0 saturated heterocycles. The van der Waals surface area contributed by atoms with E-state index < -0.39 is 8.60 Å². The Morgan fingerprint density at radius 3 is 0.947 bits per heavy atom. The smallest absolute Gasteiger partial charge is 0.191 e. The van der Waals surface area contributed by atoms with Gasteiger partial charge in [0.2, 0.25) is 0 Å². The zero-order valence-electron chi connectivity index (χ0n) is 9.94. The highest BCUT2D eigenvalue weighted by molar-refractivity contribution is 7.33. The monoisotopic (exact) mass is 286 g/mol. The van der Waals surface area contributed by atoms with Crippen LogP contribution in [0, 0.1) is 0 Å². The Hall–Kier alpha value is -1.58. The van der Waals surface area contributed by atoms with Crippen LogP contribution in [0.2, 0.25) is 0 Å². The molecule has 0 spiro atoms. The van der Waals surface area contributed by atoms with Crippen LogP contribution in [-0.4, -0.2) is 19.0 Å². The largest absolute Gasteiger partial charge is 0.854 e. The van der Waals surface area contributed by atoms with E-state index in [4.69, 9.17) is 14.7 Å². The highest BCUT2D eigenvalue weighted by atomic mass is 31.2. The van der Waals surface area contributed by atoms with Gasteiger partial charge in [0.05, 0.1) is 18.6 Å². The molecule has 0 atom stereocenters. The van der Waals surface area contributed by atoms with Gasteiger partial charge in [-0.3, -0.25) is 16.0 Å². The summed E-state index contributed by atoms with van der Waals surface area (Å²) in [6.07, 6.45) is 16.2. The van der Waals surface area contributed by atoms with Crippen molar-refractivity contribution in [2.24, 2.45) is 15.0 Å². The van der Waals surface area contributed by atoms with Gasteiger partial charge in [0.1, 0.15) is 18.6 Å². The first-order valence-corrected chi connectivity index (χ1v) is 6.19. The van der Waals surface area contributed by atoms with Crippen molar-refractivity contribution in [3.63, 3.8) is 0 Å². The molecule has 0 aromatic rings. The molecular formula is C9H15N6O3P. The second-order valence-corrected chi connectivity index (χ2v) is 3.17. The zero-order chi connectivity index (χ0) is 14.2. The quantitative estimate of drug-likeness (QED) is 0.380. The molecule has 104 valence electrons. The van der Waals surface area contributed by atoms with E-state index in [9.17, 15) is 0 Å². The normalized spacial score (nSPS) is 15.8. The van der Waals surface area contributed by atoms with Crippen LogP contribution in [-0.2, 0) is 0 Å². The molecule has 0 fully saturated rings. The van der Waals surface area contributed by atoms with Gasteiger partial charge < -0.3 is 23.3 Å². The molecule has 19 heavy (non-hydrogen) atoms.